The monoisotopic (exact) mass is 294 g/mol. The van der Waals surface area contributed by atoms with Crippen LogP contribution < -0.4 is 10.8 Å². The van der Waals surface area contributed by atoms with E-state index in [1.807, 2.05) is 0 Å². The number of benzene rings is 2. The average Bonchev–Trinajstić information content (AvgIpc) is 2.45. The highest BCUT2D eigenvalue weighted by atomic mass is 19.2. The van der Waals surface area contributed by atoms with Crippen molar-refractivity contribution in [3.8, 4) is 0 Å². The molecule has 2 aromatic rings. The van der Waals surface area contributed by atoms with Crippen molar-refractivity contribution in [1.29, 1.82) is 0 Å². The zero-order valence-electron chi connectivity index (χ0n) is 11.2. The fraction of sp³-hybridized carbons (Fsp3) is 0.0667. The molecule has 0 amide bonds. The van der Waals surface area contributed by atoms with E-state index in [4.69, 9.17) is 5.21 Å². The Morgan fingerprint density at radius 1 is 1.10 bits per heavy atom. The standard InChI is InChI=1S/C15H13F3N2O/c1-8-3-6-13(12(17)7-8)19-15-10(9(2)20-21)4-5-11(16)14(15)18/h3-7,19-21H,2H2,1H3. The molecule has 0 saturated heterocycles. The van der Waals surface area contributed by atoms with Crippen molar-refractivity contribution >= 4 is 17.1 Å². The molecule has 2 rings (SSSR count). The molecule has 0 atom stereocenters. The summed E-state index contributed by atoms with van der Waals surface area (Å²) in [7, 11) is 0. The van der Waals surface area contributed by atoms with Crippen LogP contribution in [-0.4, -0.2) is 5.21 Å². The fourth-order valence-corrected chi connectivity index (χ4v) is 1.84. The molecule has 0 aliphatic carbocycles. The number of halogens is 3. The van der Waals surface area contributed by atoms with Gasteiger partial charge in [0.1, 0.15) is 5.82 Å². The lowest BCUT2D eigenvalue weighted by atomic mass is 10.1. The first kappa shape index (κ1) is 14.9. The molecular weight excluding hydrogens is 281 g/mol. The molecule has 6 heteroatoms. The van der Waals surface area contributed by atoms with E-state index in [2.05, 4.69) is 11.9 Å². The molecule has 0 spiro atoms. The predicted octanol–water partition coefficient (Wildman–Crippen LogP) is 4.11. The van der Waals surface area contributed by atoms with Gasteiger partial charge in [0.05, 0.1) is 17.1 Å². The molecule has 21 heavy (non-hydrogen) atoms. The number of hydroxylamine groups is 1. The van der Waals surface area contributed by atoms with Crippen LogP contribution in [-0.2, 0) is 0 Å². The highest BCUT2D eigenvalue weighted by Gasteiger charge is 2.17. The van der Waals surface area contributed by atoms with Crippen molar-refractivity contribution in [1.82, 2.24) is 5.48 Å². The molecule has 3 nitrogen and oxygen atoms in total. The summed E-state index contributed by atoms with van der Waals surface area (Å²) in [6.07, 6.45) is 0. The third-order valence-corrected chi connectivity index (χ3v) is 2.94. The lowest BCUT2D eigenvalue weighted by Gasteiger charge is -2.15. The lowest BCUT2D eigenvalue weighted by Crippen LogP contribution is -2.09. The van der Waals surface area contributed by atoms with E-state index in [1.54, 1.807) is 18.5 Å². The van der Waals surface area contributed by atoms with E-state index < -0.39 is 17.5 Å². The second-order valence-corrected chi connectivity index (χ2v) is 4.48. The van der Waals surface area contributed by atoms with Crippen molar-refractivity contribution in [3.63, 3.8) is 0 Å². The minimum Gasteiger partial charge on any atom is -0.350 e. The van der Waals surface area contributed by atoms with E-state index in [0.717, 1.165) is 6.07 Å². The number of rotatable bonds is 4. The van der Waals surface area contributed by atoms with Gasteiger partial charge in [-0.3, -0.25) is 10.7 Å². The molecule has 110 valence electrons. The maximum Gasteiger partial charge on any atom is 0.182 e. The van der Waals surface area contributed by atoms with Gasteiger partial charge < -0.3 is 5.32 Å². The predicted molar refractivity (Wildman–Crippen MR) is 74.7 cm³/mol. The summed E-state index contributed by atoms with van der Waals surface area (Å²) >= 11 is 0. The van der Waals surface area contributed by atoms with Crippen molar-refractivity contribution in [2.75, 3.05) is 5.32 Å². The van der Waals surface area contributed by atoms with Crippen LogP contribution in [0.1, 0.15) is 11.1 Å². The zero-order chi connectivity index (χ0) is 15.6. The first-order chi connectivity index (χ1) is 9.93. The van der Waals surface area contributed by atoms with Crippen LogP contribution in [0.5, 0.6) is 0 Å². The van der Waals surface area contributed by atoms with Crippen LogP contribution in [0.4, 0.5) is 24.5 Å². The maximum atomic E-state index is 13.9. The summed E-state index contributed by atoms with van der Waals surface area (Å²) in [5.41, 5.74) is 2.15. The average molecular weight is 294 g/mol. The molecular formula is C15H13F3N2O. The van der Waals surface area contributed by atoms with Gasteiger partial charge in [-0.1, -0.05) is 12.6 Å². The van der Waals surface area contributed by atoms with Crippen LogP contribution in [0, 0.1) is 24.4 Å². The third-order valence-electron chi connectivity index (χ3n) is 2.94. The molecule has 2 aromatic carbocycles. The topological polar surface area (TPSA) is 44.3 Å². The van der Waals surface area contributed by atoms with Gasteiger partial charge >= 0.3 is 0 Å². The van der Waals surface area contributed by atoms with Crippen molar-refractivity contribution in [3.05, 3.63) is 65.5 Å². The van der Waals surface area contributed by atoms with Gasteiger partial charge in [0.2, 0.25) is 0 Å². The smallest absolute Gasteiger partial charge is 0.182 e. The zero-order valence-corrected chi connectivity index (χ0v) is 11.2. The van der Waals surface area contributed by atoms with Gasteiger partial charge in [0.15, 0.2) is 11.6 Å². The van der Waals surface area contributed by atoms with E-state index >= 15 is 0 Å². The second-order valence-electron chi connectivity index (χ2n) is 4.48. The maximum absolute atomic E-state index is 13.9. The first-order valence-corrected chi connectivity index (χ1v) is 6.04. The Morgan fingerprint density at radius 3 is 2.43 bits per heavy atom. The molecule has 0 aliphatic rings. The quantitative estimate of drug-likeness (QED) is 0.744. The van der Waals surface area contributed by atoms with Crippen molar-refractivity contribution in [2.24, 2.45) is 0 Å². The van der Waals surface area contributed by atoms with E-state index in [1.165, 1.54) is 18.2 Å². The highest BCUT2D eigenvalue weighted by Crippen LogP contribution is 2.30. The van der Waals surface area contributed by atoms with Gasteiger partial charge in [-0.05, 0) is 36.8 Å². The van der Waals surface area contributed by atoms with Gasteiger partial charge in [0.25, 0.3) is 0 Å². The number of hydrogen-bond acceptors (Lipinski definition) is 3. The number of aryl methyl sites for hydroxylation is 1. The van der Waals surface area contributed by atoms with Crippen LogP contribution in [0.2, 0.25) is 0 Å². The van der Waals surface area contributed by atoms with Crippen LogP contribution in [0.3, 0.4) is 0 Å². The molecule has 0 bridgehead atoms. The van der Waals surface area contributed by atoms with Gasteiger partial charge in [-0.2, -0.15) is 0 Å². The third kappa shape index (κ3) is 3.00. The number of hydrogen-bond donors (Lipinski definition) is 3. The van der Waals surface area contributed by atoms with E-state index in [0.29, 0.717) is 5.56 Å². The lowest BCUT2D eigenvalue weighted by molar-refractivity contribution is 0.225. The Kier molecular flexibility index (Phi) is 4.18. The Hall–Kier alpha value is -2.47. The molecule has 0 fully saturated rings. The summed E-state index contributed by atoms with van der Waals surface area (Å²) in [4.78, 5) is 0. The van der Waals surface area contributed by atoms with E-state index in [-0.39, 0.29) is 22.6 Å². The summed E-state index contributed by atoms with van der Waals surface area (Å²) in [6, 6.07) is 6.41. The number of nitrogens with one attached hydrogen (secondary N) is 2. The minimum atomic E-state index is -1.19. The molecule has 0 aromatic heterocycles. The summed E-state index contributed by atoms with van der Waals surface area (Å²) in [6.45, 7) is 5.18. The Balaban J connectivity index is 2.51. The minimum absolute atomic E-state index is 0.0166. The first-order valence-electron chi connectivity index (χ1n) is 6.04. The van der Waals surface area contributed by atoms with Crippen molar-refractivity contribution < 1.29 is 18.4 Å². The van der Waals surface area contributed by atoms with Crippen LogP contribution >= 0.6 is 0 Å². The largest absolute Gasteiger partial charge is 0.350 e. The van der Waals surface area contributed by atoms with Gasteiger partial charge in [0, 0.05) is 5.56 Å². The molecule has 0 heterocycles. The number of anilines is 2. The molecule has 0 radical (unpaired) electrons. The second kappa shape index (κ2) is 5.88. The van der Waals surface area contributed by atoms with Gasteiger partial charge in [-0.15, -0.1) is 0 Å². The summed E-state index contributed by atoms with van der Waals surface area (Å²) in [5.74, 6) is -2.89. The molecule has 0 saturated carbocycles. The summed E-state index contributed by atoms with van der Waals surface area (Å²) in [5, 5.41) is 11.4. The Morgan fingerprint density at radius 2 is 1.81 bits per heavy atom. The molecule has 0 aliphatic heterocycles. The van der Waals surface area contributed by atoms with Crippen molar-refractivity contribution in [2.45, 2.75) is 6.92 Å². The summed E-state index contributed by atoms with van der Waals surface area (Å²) < 4.78 is 41.1. The van der Waals surface area contributed by atoms with Gasteiger partial charge in [-0.25, -0.2) is 13.2 Å². The van der Waals surface area contributed by atoms with Crippen LogP contribution in [0.15, 0.2) is 36.9 Å². The molecule has 0 unspecified atom stereocenters. The SMILES string of the molecule is C=C(NO)c1ccc(F)c(F)c1Nc1ccc(C)cc1F. The Labute approximate surface area is 119 Å². The van der Waals surface area contributed by atoms with Crippen LogP contribution in [0.25, 0.3) is 5.70 Å². The van der Waals surface area contributed by atoms with E-state index in [9.17, 15) is 13.2 Å². The highest BCUT2D eigenvalue weighted by molar-refractivity contribution is 5.77. The fourth-order valence-electron chi connectivity index (χ4n) is 1.84. The Bertz CT molecular complexity index is 702. The normalized spacial score (nSPS) is 10.3. The molecule has 3 N–H and O–H groups in total.